The van der Waals surface area contributed by atoms with Crippen molar-refractivity contribution in [1.29, 1.82) is 0 Å². The van der Waals surface area contributed by atoms with E-state index in [0.717, 1.165) is 44.7 Å². The Morgan fingerprint density at radius 3 is 2.64 bits per heavy atom. The molecule has 1 unspecified atom stereocenters. The zero-order valence-electron chi connectivity index (χ0n) is 14.0. The monoisotopic (exact) mass is 311 g/mol. The Morgan fingerprint density at radius 1 is 1.36 bits per heavy atom. The molecule has 0 aromatic heterocycles. The fourth-order valence-corrected chi connectivity index (χ4v) is 2.67. The lowest BCUT2D eigenvalue weighted by Crippen LogP contribution is -2.50. The molecule has 2 fully saturated rings. The molecule has 0 bridgehead atoms. The summed E-state index contributed by atoms with van der Waals surface area (Å²) in [4.78, 5) is 16.1. The molecule has 0 radical (unpaired) electrons. The number of amides is 1. The number of aliphatic hydroxyl groups is 1. The van der Waals surface area contributed by atoms with E-state index in [2.05, 4.69) is 16.3 Å². The summed E-state index contributed by atoms with van der Waals surface area (Å²) in [5.41, 5.74) is 0.642. The summed E-state index contributed by atoms with van der Waals surface area (Å²) in [5, 5.41) is 13.2. The number of ether oxygens (including phenoxy) is 1. The fourth-order valence-electron chi connectivity index (χ4n) is 2.67. The predicted molar refractivity (Wildman–Crippen MR) is 85.8 cm³/mol. The van der Waals surface area contributed by atoms with Crippen molar-refractivity contribution < 1.29 is 14.6 Å². The van der Waals surface area contributed by atoms with Gasteiger partial charge in [0.25, 0.3) is 0 Å². The highest BCUT2D eigenvalue weighted by Crippen LogP contribution is 2.13. The molecule has 1 atom stereocenters. The number of carbonyl (C=O) groups excluding carboxylic acids is 1. The van der Waals surface area contributed by atoms with Gasteiger partial charge >= 0.3 is 6.09 Å². The van der Waals surface area contributed by atoms with E-state index >= 15 is 0 Å². The van der Waals surface area contributed by atoms with E-state index in [0.29, 0.717) is 13.1 Å². The first-order valence-electron chi connectivity index (χ1n) is 8.13. The Labute approximate surface area is 133 Å². The van der Waals surface area contributed by atoms with Gasteiger partial charge in [0.05, 0.1) is 6.10 Å². The van der Waals surface area contributed by atoms with E-state index in [4.69, 9.17) is 4.74 Å². The fraction of sp³-hybridized carbons (Fsp3) is 0.812. The molecule has 2 N–H and O–H groups in total. The minimum atomic E-state index is -0.442. The molecule has 126 valence electrons. The van der Waals surface area contributed by atoms with Gasteiger partial charge in [-0.05, 0) is 39.3 Å². The molecule has 1 amide bonds. The van der Waals surface area contributed by atoms with E-state index in [1.807, 2.05) is 20.8 Å². The third-order valence-corrected chi connectivity index (χ3v) is 3.99. The number of hydrogen-bond donors (Lipinski definition) is 2. The summed E-state index contributed by atoms with van der Waals surface area (Å²) < 4.78 is 5.40. The number of piperazine rings is 1. The number of carbonyl (C=O) groups is 1. The van der Waals surface area contributed by atoms with E-state index in [-0.39, 0.29) is 12.2 Å². The zero-order valence-corrected chi connectivity index (χ0v) is 14.0. The highest BCUT2D eigenvalue weighted by Gasteiger charge is 2.25. The molecule has 0 aromatic carbocycles. The van der Waals surface area contributed by atoms with Crippen LogP contribution in [0.15, 0.2) is 11.6 Å². The Hall–Kier alpha value is -1.11. The SMILES string of the molecule is CC(C)(C)OC(=O)N1CCN(CC=C2CNCCC2O)CC1. The van der Waals surface area contributed by atoms with Gasteiger partial charge in [-0.25, -0.2) is 4.79 Å². The molecule has 2 rings (SSSR count). The van der Waals surface area contributed by atoms with Crippen LogP contribution in [-0.4, -0.2) is 78.5 Å². The number of hydrogen-bond acceptors (Lipinski definition) is 5. The van der Waals surface area contributed by atoms with Gasteiger partial charge in [0.1, 0.15) is 5.60 Å². The number of nitrogens with one attached hydrogen (secondary N) is 1. The van der Waals surface area contributed by atoms with Gasteiger partial charge in [-0.15, -0.1) is 0 Å². The predicted octanol–water partition coefficient (Wildman–Crippen LogP) is 0.820. The molecule has 0 saturated carbocycles. The minimum Gasteiger partial charge on any atom is -0.444 e. The third-order valence-electron chi connectivity index (χ3n) is 3.99. The molecule has 2 aliphatic heterocycles. The summed E-state index contributed by atoms with van der Waals surface area (Å²) >= 11 is 0. The number of nitrogens with zero attached hydrogens (tertiary/aromatic N) is 2. The Kier molecular flexibility index (Phi) is 5.83. The van der Waals surface area contributed by atoms with Crippen LogP contribution >= 0.6 is 0 Å². The van der Waals surface area contributed by atoms with Crippen LogP contribution in [-0.2, 0) is 4.74 Å². The average Bonchev–Trinajstić information content (AvgIpc) is 2.45. The molecular weight excluding hydrogens is 282 g/mol. The molecule has 6 nitrogen and oxygen atoms in total. The first kappa shape index (κ1) is 17.2. The van der Waals surface area contributed by atoms with Gasteiger partial charge in [0.15, 0.2) is 0 Å². The highest BCUT2D eigenvalue weighted by molar-refractivity contribution is 5.68. The van der Waals surface area contributed by atoms with Gasteiger partial charge in [0.2, 0.25) is 0 Å². The summed E-state index contributed by atoms with van der Waals surface area (Å²) in [7, 11) is 0. The van der Waals surface area contributed by atoms with Crippen molar-refractivity contribution in [3.8, 4) is 0 Å². The van der Waals surface area contributed by atoms with Crippen molar-refractivity contribution in [2.75, 3.05) is 45.8 Å². The minimum absolute atomic E-state index is 0.225. The Morgan fingerprint density at radius 2 is 2.05 bits per heavy atom. The average molecular weight is 311 g/mol. The lowest BCUT2D eigenvalue weighted by molar-refractivity contribution is 0.0154. The van der Waals surface area contributed by atoms with E-state index in [1.165, 1.54) is 0 Å². The summed E-state index contributed by atoms with van der Waals surface area (Å²) in [6.07, 6.45) is 2.39. The van der Waals surface area contributed by atoms with Crippen LogP contribution in [0.25, 0.3) is 0 Å². The maximum absolute atomic E-state index is 12.0. The van der Waals surface area contributed by atoms with Crippen molar-refractivity contribution in [2.24, 2.45) is 0 Å². The standard InChI is InChI=1S/C16H29N3O3/c1-16(2,3)22-15(21)19-10-8-18(9-11-19)7-5-13-12-17-6-4-14(13)20/h5,14,17,20H,4,6-12H2,1-3H3. The molecular formula is C16H29N3O3. The van der Waals surface area contributed by atoms with Crippen LogP contribution in [0.1, 0.15) is 27.2 Å². The second kappa shape index (κ2) is 7.44. The Balaban J connectivity index is 1.75. The molecule has 2 saturated heterocycles. The van der Waals surface area contributed by atoms with Gasteiger partial charge < -0.3 is 20.1 Å². The van der Waals surface area contributed by atoms with Crippen molar-refractivity contribution in [2.45, 2.75) is 38.9 Å². The van der Waals surface area contributed by atoms with Crippen molar-refractivity contribution in [1.82, 2.24) is 15.1 Å². The molecule has 0 aromatic rings. The zero-order chi connectivity index (χ0) is 16.2. The van der Waals surface area contributed by atoms with E-state index in [1.54, 1.807) is 4.90 Å². The smallest absolute Gasteiger partial charge is 0.410 e. The van der Waals surface area contributed by atoms with E-state index in [9.17, 15) is 9.90 Å². The van der Waals surface area contributed by atoms with Crippen molar-refractivity contribution in [3.63, 3.8) is 0 Å². The maximum Gasteiger partial charge on any atom is 0.410 e. The first-order valence-corrected chi connectivity index (χ1v) is 8.13. The third kappa shape index (κ3) is 5.26. The number of aliphatic hydroxyl groups excluding tert-OH is 1. The lowest BCUT2D eigenvalue weighted by atomic mass is 10.0. The maximum atomic E-state index is 12.0. The number of rotatable bonds is 2. The van der Waals surface area contributed by atoms with Crippen LogP contribution in [0.2, 0.25) is 0 Å². The van der Waals surface area contributed by atoms with Crippen LogP contribution < -0.4 is 5.32 Å². The molecule has 6 heteroatoms. The van der Waals surface area contributed by atoms with Crippen LogP contribution in [0, 0.1) is 0 Å². The first-order chi connectivity index (χ1) is 10.3. The molecule has 2 aliphatic rings. The normalized spacial score (nSPS) is 26.3. The van der Waals surface area contributed by atoms with Gasteiger partial charge in [-0.1, -0.05) is 6.08 Å². The summed E-state index contributed by atoms with van der Waals surface area (Å²) in [6.45, 7) is 11.2. The Bertz CT molecular complexity index is 409. The quantitative estimate of drug-likeness (QED) is 0.739. The topological polar surface area (TPSA) is 65.0 Å². The second-order valence-corrected chi connectivity index (χ2v) is 7.03. The molecule has 2 heterocycles. The molecule has 0 aliphatic carbocycles. The lowest BCUT2D eigenvalue weighted by Gasteiger charge is -2.35. The van der Waals surface area contributed by atoms with Crippen molar-refractivity contribution >= 4 is 6.09 Å². The van der Waals surface area contributed by atoms with Gasteiger partial charge in [-0.3, -0.25) is 4.90 Å². The van der Waals surface area contributed by atoms with Crippen LogP contribution in [0.4, 0.5) is 4.79 Å². The largest absolute Gasteiger partial charge is 0.444 e. The van der Waals surface area contributed by atoms with Gasteiger partial charge in [0, 0.05) is 39.3 Å². The van der Waals surface area contributed by atoms with Crippen LogP contribution in [0.3, 0.4) is 0 Å². The van der Waals surface area contributed by atoms with E-state index < -0.39 is 5.60 Å². The summed E-state index contributed by atoms with van der Waals surface area (Å²) in [6, 6.07) is 0. The molecule has 22 heavy (non-hydrogen) atoms. The van der Waals surface area contributed by atoms with Gasteiger partial charge in [-0.2, -0.15) is 0 Å². The molecule has 0 spiro atoms. The highest BCUT2D eigenvalue weighted by atomic mass is 16.6. The van der Waals surface area contributed by atoms with Crippen molar-refractivity contribution in [3.05, 3.63) is 11.6 Å². The second-order valence-electron chi connectivity index (χ2n) is 7.03. The summed E-state index contributed by atoms with van der Waals surface area (Å²) in [5.74, 6) is 0. The number of piperidine rings is 1. The van der Waals surface area contributed by atoms with Crippen LogP contribution in [0.5, 0.6) is 0 Å².